The van der Waals surface area contributed by atoms with Crippen molar-refractivity contribution in [1.82, 2.24) is 15.5 Å². The SMILES string of the molecule is COC(=O)c1ccc(CCC(=O)N[C@@H](C)c2nc(C)no2)cc1. The molecule has 0 unspecified atom stereocenters. The van der Waals surface area contributed by atoms with Crippen molar-refractivity contribution >= 4 is 11.9 Å². The Bertz CT molecular complexity index is 679. The van der Waals surface area contributed by atoms with Gasteiger partial charge in [0.1, 0.15) is 6.04 Å². The molecule has 7 heteroatoms. The lowest BCUT2D eigenvalue weighted by molar-refractivity contribution is -0.121. The van der Waals surface area contributed by atoms with Crippen molar-refractivity contribution in [2.45, 2.75) is 32.7 Å². The smallest absolute Gasteiger partial charge is 0.337 e. The molecule has 1 aromatic carbocycles. The monoisotopic (exact) mass is 317 g/mol. The van der Waals surface area contributed by atoms with Crippen LogP contribution in [0.3, 0.4) is 0 Å². The van der Waals surface area contributed by atoms with E-state index in [0.717, 1.165) is 5.56 Å². The highest BCUT2D eigenvalue weighted by atomic mass is 16.5. The maximum absolute atomic E-state index is 12.0. The summed E-state index contributed by atoms with van der Waals surface area (Å²) in [6.07, 6.45) is 0.901. The van der Waals surface area contributed by atoms with Gasteiger partial charge in [0.15, 0.2) is 5.82 Å². The van der Waals surface area contributed by atoms with Crippen LogP contribution in [0.15, 0.2) is 28.8 Å². The van der Waals surface area contributed by atoms with Gasteiger partial charge in [-0.25, -0.2) is 4.79 Å². The lowest BCUT2D eigenvalue weighted by atomic mass is 10.1. The summed E-state index contributed by atoms with van der Waals surface area (Å²) in [4.78, 5) is 27.4. The summed E-state index contributed by atoms with van der Waals surface area (Å²) in [7, 11) is 1.34. The van der Waals surface area contributed by atoms with Gasteiger partial charge in [0.25, 0.3) is 0 Å². The Hall–Kier alpha value is -2.70. The number of rotatable bonds is 6. The number of carbonyl (C=O) groups excluding carboxylic acids is 2. The summed E-state index contributed by atoms with van der Waals surface area (Å²) >= 11 is 0. The molecule has 7 nitrogen and oxygen atoms in total. The first-order valence-electron chi connectivity index (χ1n) is 7.26. The second-order valence-corrected chi connectivity index (χ2v) is 5.16. The van der Waals surface area contributed by atoms with Gasteiger partial charge < -0.3 is 14.6 Å². The lowest BCUT2D eigenvalue weighted by Crippen LogP contribution is -2.27. The summed E-state index contributed by atoms with van der Waals surface area (Å²) < 4.78 is 9.66. The zero-order valence-corrected chi connectivity index (χ0v) is 13.3. The Morgan fingerprint density at radius 3 is 2.57 bits per heavy atom. The number of hydrogen-bond donors (Lipinski definition) is 1. The van der Waals surface area contributed by atoms with Gasteiger partial charge in [0.05, 0.1) is 12.7 Å². The van der Waals surface area contributed by atoms with Crippen molar-refractivity contribution in [1.29, 1.82) is 0 Å². The minimum absolute atomic E-state index is 0.106. The number of nitrogens with zero attached hydrogens (tertiary/aromatic N) is 2. The molecule has 0 aliphatic carbocycles. The van der Waals surface area contributed by atoms with Crippen LogP contribution in [0.25, 0.3) is 0 Å². The van der Waals surface area contributed by atoms with Crippen LogP contribution < -0.4 is 5.32 Å². The molecule has 122 valence electrons. The van der Waals surface area contributed by atoms with Crippen molar-refractivity contribution in [2.24, 2.45) is 0 Å². The van der Waals surface area contributed by atoms with Crippen molar-refractivity contribution < 1.29 is 18.8 Å². The van der Waals surface area contributed by atoms with E-state index in [1.54, 1.807) is 26.0 Å². The van der Waals surface area contributed by atoms with E-state index in [-0.39, 0.29) is 17.9 Å². The van der Waals surface area contributed by atoms with Crippen molar-refractivity contribution in [2.75, 3.05) is 7.11 Å². The van der Waals surface area contributed by atoms with Crippen LogP contribution in [0, 0.1) is 6.92 Å². The molecule has 0 saturated carbocycles. The number of methoxy groups -OCH3 is 1. The second-order valence-electron chi connectivity index (χ2n) is 5.16. The molecule has 0 aliphatic rings. The Balaban J connectivity index is 1.83. The van der Waals surface area contributed by atoms with Crippen LogP contribution in [0.2, 0.25) is 0 Å². The van der Waals surface area contributed by atoms with E-state index in [0.29, 0.717) is 30.1 Å². The Morgan fingerprint density at radius 2 is 2.00 bits per heavy atom. The van der Waals surface area contributed by atoms with Crippen LogP contribution in [0.5, 0.6) is 0 Å². The Labute approximate surface area is 134 Å². The van der Waals surface area contributed by atoms with E-state index in [1.807, 2.05) is 12.1 Å². The average molecular weight is 317 g/mol. The molecule has 1 heterocycles. The van der Waals surface area contributed by atoms with Gasteiger partial charge in [-0.3, -0.25) is 4.79 Å². The third kappa shape index (κ3) is 4.64. The van der Waals surface area contributed by atoms with E-state index in [9.17, 15) is 9.59 Å². The summed E-state index contributed by atoms with van der Waals surface area (Å²) in [6, 6.07) is 6.66. The average Bonchev–Trinajstić information content (AvgIpc) is 2.99. The minimum Gasteiger partial charge on any atom is -0.465 e. The Kier molecular flexibility index (Phi) is 5.46. The number of amides is 1. The molecule has 0 saturated heterocycles. The second kappa shape index (κ2) is 7.53. The maximum atomic E-state index is 12.0. The van der Waals surface area contributed by atoms with E-state index < -0.39 is 0 Å². The number of nitrogens with one attached hydrogen (secondary N) is 1. The molecule has 2 rings (SSSR count). The van der Waals surface area contributed by atoms with Gasteiger partial charge in [-0.1, -0.05) is 17.3 Å². The van der Waals surface area contributed by atoms with Gasteiger partial charge in [-0.05, 0) is 38.0 Å². The van der Waals surface area contributed by atoms with Gasteiger partial charge >= 0.3 is 5.97 Å². The number of benzene rings is 1. The summed E-state index contributed by atoms with van der Waals surface area (Å²) in [5, 5.41) is 6.50. The fourth-order valence-electron chi connectivity index (χ4n) is 2.05. The fourth-order valence-corrected chi connectivity index (χ4v) is 2.05. The summed E-state index contributed by atoms with van der Waals surface area (Å²) in [5.41, 5.74) is 1.45. The number of aryl methyl sites for hydroxylation is 2. The molecular formula is C16H19N3O4. The molecule has 0 radical (unpaired) electrons. The van der Waals surface area contributed by atoms with Crippen molar-refractivity contribution in [3.8, 4) is 0 Å². The molecule has 1 aromatic heterocycles. The van der Waals surface area contributed by atoms with E-state index >= 15 is 0 Å². The van der Waals surface area contributed by atoms with Crippen LogP contribution >= 0.6 is 0 Å². The number of esters is 1. The van der Waals surface area contributed by atoms with Gasteiger partial charge in [0, 0.05) is 6.42 Å². The van der Waals surface area contributed by atoms with E-state index in [4.69, 9.17) is 4.52 Å². The standard InChI is InChI=1S/C16H19N3O4/c1-10(15-18-11(2)19-23-15)17-14(20)9-6-12-4-7-13(8-5-12)16(21)22-3/h4-5,7-8,10H,6,9H2,1-3H3,(H,17,20)/t10-/m0/s1. The van der Waals surface area contributed by atoms with Gasteiger partial charge in [-0.15, -0.1) is 0 Å². The van der Waals surface area contributed by atoms with E-state index in [2.05, 4.69) is 20.2 Å². The zero-order valence-electron chi connectivity index (χ0n) is 13.3. The third-order valence-corrected chi connectivity index (χ3v) is 3.31. The summed E-state index contributed by atoms with van der Waals surface area (Å²) in [5.74, 6) is 0.438. The molecule has 2 aromatic rings. The minimum atomic E-state index is -0.377. The topological polar surface area (TPSA) is 94.3 Å². The molecule has 0 fully saturated rings. The molecule has 0 aliphatic heterocycles. The largest absolute Gasteiger partial charge is 0.465 e. The number of hydrogen-bond acceptors (Lipinski definition) is 6. The fraction of sp³-hybridized carbons (Fsp3) is 0.375. The third-order valence-electron chi connectivity index (χ3n) is 3.31. The molecule has 0 bridgehead atoms. The van der Waals surface area contributed by atoms with Crippen LogP contribution in [-0.4, -0.2) is 29.1 Å². The zero-order chi connectivity index (χ0) is 16.8. The first-order valence-corrected chi connectivity index (χ1v) is 7.26. The van der Waals surface area contributed by atoms with Crippen LogP contribution in [0.1, 0.15) is 47.0 Å². The van der Waals surface area contributed by atoms with Crippen molar-refractivity contribution in [3.63, 3.8) is 0 Å². The lowest BCUT2D eigenvalue weighted by Gasteiger charge is -2.09. The van der Waals surface area contributed by atoms with Crippen LogP contribution in [-0.2, 0) is 16.0 Å². The molecule has 0 spiro atoms. The predicted molar refractivity (Wildman–Crippen MR) is 81.7 cm³/mol. The highest BCUT2D eigenvalue weighted by molar-refractivity contribution is 5.89. The normalized spacial score (nSPS) is 11.8. The molecule has 1 atom stereocenters. The highest BCUT2D eigenvalue weighted by Gasteiger charge is 2.15. The number of carbonyl (C=O) groups is 2. The van der Waals surface area contributed by atoms with Gasteiger partial charge in [-0.2, -0.15) is 4.98 Å². The number of aromatic nitrogens is 2. The quantitative estimate of drug-likeness (QED) is 0.819. The van der Waals surface area contributed by atoms with Crippen LogP contribution in [0.4, 0.5) is 0 Å². The Morgan fingerprint density at radius 1 is 1.30 bits per heavy atom. The first kappa shape index (κ1) is 16.7. The van der Waals surface area contributed by atoms with Crippen molar-refractivity contribution in [3.05, 3.63) is 47.1 Å². The highest BCUT2D eigenvalue weighted by Crippen LogP contribution is 2.11. The molecular weight excluding hydrogens is 298 g/mol. The molecule has 23 heavy (non-hydrogen) atoms. The molecule has 1 amide bonds. The van der Waals surface area contributed by atoms with E-state index in [1.165, 1.54) is 7.11 Å². The van der Waals surface area contributed by atoms with Gasteiger partial charge in [0.2, 0.25) is 11.8 Å². The summed E-state index contributed by atoms with van der Waals surface area (Å²) in [6.45, 7) is 3.51. The maximum Gasteiger partial charge on any atom is 0.337 e. The first-order chi connectivity index (χ1) is 11.0. The number of ether oxygens (including phenoxy) is 1. The predicted octanol–water partition coefficient (Wildman–Crippen LogP) is 1.97. The molecule has 1 N–H and O–H groups in total.